The van der Waals surface area contributed by atoms with E-state index in [1.807, 2.05) is 13.8 Å². The van der Waals surface area contributed by atoms with Crippen molar-refractivity contribution < 1.29 is 29.3 Å². The van der Waals surface area contributed by atoms with Gasteiger partial charge in [-0.05, 0) is 49.4 Å². The molecule has 1 amide bonds. The van der Waals surface area contributed by atoms with Gasteiger partial charge in [0.05, 0.1) is 29.7 Å². The lowest BCUT2D eigenvalue weighted by atomic mass is 9.93. The van der Waals surface area contributed by atoms with E-state index in [0.717, 1.165) is 5.56 Å². The lowest BCUT2D eigenvalue weighted by Crippen LogP contribution is -2.17. The normalized spacial score (nSPS) is 13.2. The van der Waals surface area contributed by atoms with Crippen LogP contribution in [-0.4, -0.2) is 50.9 Å². The Labute approximate surface area is 187 Å². The monoisotopic (exact) mass is 451 g/mol. The molecule has 0 aliphatic heterocycles. The lowest BCUT2D eigenvalue weighted by molar-refractivity contribution is 0.0721. The second-order valence-corrected chi connectivity index (χ2v) is 7.21. The number of halogens is 1. The van der Waals surface area contributed by atoms with Gasteiger partial charge in [0.15, 0.2) is 5.78 Å². The molecule has 0 bridgehead atoms. The summed E-state index contributed by atoms with van der Waals surface area (Å²) in [6, 6.07) is 4.77. The fraction of sp³-hybridized carbons (Fsp3) is 0.478. The van der Waals surface area contributed by atoms with Gasteiger partial charge in [0.2, 0.25) is 0 Å². The molecule has 1 aromatic heterocycles. The maximum Gasteiger partial charge on any atom is 0.252 e. The number of aryl methyl sites for hydroxylation is 1. The van der Waals surface area contributed by atoms with Gasteiger partial charge >= 0.3 is 0 Å². The van der Waals surface area contributed by atoms with Gasteiger partial charge in [-0.2, -0.15) is 0 Å². The van der Waals surface area contributed by atoms with Gasteiger partial charge in [0, 0.05) is 20.1 Å². The van der Waals surface area contributed by atoms with Crippen LogP contribution in [0.15, 0.2) is 18.2 Å². The number of hydrogen-bond donors (Lipinski definition) is 5. The first-order valence-corrected chi connectivity index (χ1v) is 10.7. The average Bonchev–Trinajstić information content (AvgIpc) is 3.05. The number of aromatic nitrogens is 1. The molecule has 0 radical (unpaired) electrons. The van der Waals surface area contributed by atoms with Gasteiger partial charge in [-0.1, -0.05) is 19.9 Å². The minimum absolute atomic E-state index is 0.0197. The van der Waals surface area contributed by atoms with E-state index < -0.39 is 17.8 Å². The summed E-state index contributed by atoms with van der Waals surface area (Å²) in [5, 5.41) is 27.6. The number of Topliss-reactive ketones (excluding diaryl/α,β-unsaturated/α-hetero) is 1. The fourth-order valence-electron chi connectivity index (χ4n) is 3.39. The van der Waals surface area contributed by atoms with Gasteiger partial charge in [-0.25, -0.2) is 4.39 Å². The molecule has 1 aliphatic carbocycles. The number of carbonyl (C=O) groups excluding carboxylic acids is 2. The molecule has 32 heavy (non-hydrogen) atoms. The first kappa shape index (κ1) is 27.3. The molecule has 1 aliphatic rings. The number of primary amides is 1. The van der Waals surface area contributed by atoms with Crippen molar-refractivity contribution in [3.8, 4) is 0 Å². The third kappa shape index (κ3) is 6.62. The van der Waals surface area contributed by atoms with Crippen molar-refractivity contribution in [1.29, 1.82) is 0 Å². The van der Waals surface area contributed by atoms with Crippen LogP contribution in [0.5, 0.6) is 0 Å². The summed E-state index contributed by atoms with van der Waals surface area (Å²) in [6.07, 6.45) is 1.27. The molecule has 0 spiro atoms. The topological polar surface area (TPSA) is 138 Å². The lowest BCUT2D eigenvalue weighted by Gasteiger charge is -2.13. The van der Waals surface area contributed by atoms with Crippen LogP contribution in [0, 0.1) is 12.7 Å². The Morgan fingerprint density at radius 3 is 2.44 bits per heavy atom. The maximum absolute atomic E-state index is 14.1. The summed E-state index contributed by atoms with van der Waals surface area (Å²) in [7, 11) is 1.68. The molecule has 0 saturated carbocycles. The molecule has 9 heteroatoms. The number of fused-ring (bicyclic) bond motifs is 1. The van der Waals surface area contributed by atoms with Crippen LogP contribution < -0.4 is 11.1 Å². The molecule has 3 rings (SSSR count). The SMILES string of the molecule is CC.Cc1ccc(Nc2c(C(N)=O)c3c(n2C)C(=O)CCC3)c(F)c1.OCCC(O)CO. The summed E-state index contributed by atoms with van der Waals surface area (Å²) in [5.41, 5.74) is 7.97. The van der Waals surface area contributed by atoms with Crippen LogP contribution in [0.4, 0.5) is 15.9 Å². The number of aliphatic hydroxyl groups excluding tert-OH is 3. The van der Waals surface area contributed by atoms with Crippen LogP contribution in [-0.2, 0) is 13.5 Å². The van der Waals surface area contributed by atoms with Gasteiger partial charge in [-0.15, -0.1) is 0 Å². The van der Waals surface area contributed by atoms with Crippen molar-refractivity contribution in [3.63, 3.8) is 0 Å². The van der Waals surface area contributed by atoms with Crippen molar-refractivity contribution in [1.82, 2.24) is 4.57 Å². The number of anilines is 2. The predicted octanol–water partition coefficient (Wildman–Crippen LogP) is 2.58. The number of nitrogens with two attached hydrogens (primary N) is 1. The summed E-state index contributed by atoms with van der Waals surface area (Å²) in [6.45, 7) is 5.46. The van der Waals surface area contributed by atoms with E-state index in [0.29, 0.717) is 36.3 Å². The number of amides is 1. The maximum atomic E-state index is 14.1. The molecular weight excluding hydrogens is 417 g/mol. The summed E-state index contributed by atoms with van der Waals surface area (Å²) in [4.78, 5) is 24.1. The molecule has 8 nitrogen and oxygen atoms in total. The van der Waals surface area contributed by atoms with Crippen molar-refractivity contribution in [2.24, 2.45) is 12.8 Å². The molecule has 2 aromatic rings. The molecule has 1 unspecified atom stereocenters. The van der Waals surface area contributed by atoms with E-state index in [4.69, 9.17) is 21.1 Å². The number of aliphatic hydroxyl groups is 3. The number of hydrogen-bond acceptors (Lipinski definition) is 6. The van der Waals surface area contributed by atoms with E-state index in [2.05, 4.69) is 5.32 Å². The van der Waals surface area contributed by atoms with Crippen molar-refractivity contribution >= 4 is 23.2 Å². The van der Waals surface area contributed by atoms with Gasteiger partial charge in [0.25, 0.3) is 5.91 Å². The molecule has 178 valence electrons. The smallest absolute Gasteiger partial charge is 0.252 e. The Morgan fingerprint density at radius 2 is 1.94 bits per heavy atom. The zero-order valence-electron chi connectivity index (χ0n) is 19.1. The van der Waals surface area contributed by atoms with Gasteiger partial charge in [-0.3, -0.25) is 9.59 Å². The Kier molecular flexibility index (Phi) is 11.0. The van der Waals surface area contributed by atoms with Gasteiger partial charge in [0.1, 0.15) is 11.6 Å². The fourth-order valence-corrected chi connectivity index (χ4v) is 3.39. The Hall–Kier alpha value is -2.75. The number of nitrogens with one attached hydrogen (secondary N) is 1. The van der Waals surface area contributed by atoms with Crippen LogP contribution in [0.3, 0.4) is 0 Å². The highest BCUT2D eigenvalue weighted by molar-refractivity contribution is 6.07. The quantitative estimate of drug-likeness (QED) is 0.458. The molecule has 6 N–H and O–H groups in total. The minimum Gasteiger partial charge on any atom is -0.396 e. The molecule has 1 atom stereocenters. The average molecular weight is 452 g/mol. The van der Waals surface area contributed by atoms with Crippen molar-refractivity contribution in [2.45, 2.75) is 52.6 Å². The van der Waals surface area contributed by atoms with E-state index in [1.165, 1.54) is 6.07 Å². The van der Waals surface area contributed by atoms with Crippen LogP contribution in [0.1, 0.15) is 65.1 Å². The van der Waals surface area contributed by atoms with Crippen LogP contribution >= 0.6 is 0 Å². The zero-order valence-corrected chi connectivity index (χ0v) is 19.1. The van der Waals surface area contributed by atoms with Gasteiger partial charge < -0.3 is 30.9 Å². The zero-order chi connectivity index (χ0) is 24.4. The van der Waals surface area contributed by atoms with E-state index in [-0.39, 0.29) is 36.7 Å². The molecular formula is C23H34FN3O5. The second-order valence-electron chi connectivity index (χ2n) is 7.21. The van der Waals surface area contributed by atoms with Crippen molar-refractivity contribution in [2.75, 3.05) is 18.5 Å². The highest BCUT2D eigenvalue weighted by Gasteiger charge is 2.30. The first-order valence-electron chi connectivity index (χ1n) is 10.7. The van der Waals surface area contributed by atoms with Crippen LogP contribution in [0.2, 0.25) is 0 Å². The molecule has 1 heterocycles. The highest BCUT2D eigenvalue weighted by atomic mass is 19.1. The van der Waals surface area contributed by atoms with Crippen LogP contribution in [0.25, 0.3) is 0 Å². The van der Waals surface area contributed by atoms with E-state index >= 15 is 0 Å². The van der Waals surface area contributed by atoms with E-state index in [1.54, 1.807) is 30.7 Å². The molecule has 1 aromatic carbocycles. The minimum atomic E-state index is -0.745. The number of benzene rings is 1. The Morgan fingerprint density at radius 1 is 1.28 bits per heavy atom. The van der Waals surface area contributed by atoms with Crippen molar-refractivity contribution in [3.05, 3.63) is 46.4 Å². The molecule has 0 saturated heterocycles. The predicted molar refractivity (Wildman–Crippen MR) is 122 cm³/mol. The Balaban J connectivity index is 0.000000488. The first-order chi connectivity index (χ1) is 15.2. The second kappa shape index (κ2) is 12.9. The van der Waals surface area contributed by atoms with E-state index in [9.17, 15) is 14.0 Å². The third-order valence-electron chi connectivity index (χ3n) is 4.89. The highest BCUT2D eigenvalue weighted by Crippen LogP contribution is 2.34. The Bertz CT molecular complexity index is 927. The molecule has 0 fully saturated rings. The number of nitrogens with zero attached hydrogens (tertiary/aromatic N) is 1. The standard InChI is InChI=1S/C17H18FN3O2.C4H10O3.C2H6/c1-9-6-7-12(11(18)8-9)20-17-14(16(19)23)10-4-3-5-13(22)15(10)21(17)2;5-2-1-4(7)3-6;1-2/h6-8,20H,3-5H2,1-2H3,(H2,19,23);4-7H,1-3H2;1-2H3. The summed E-state index contributed by atoms with van der Waals surface area (Å²) in [5.74, 6) is -0.702. The largest absolute Gasteiger partial charge is 0.396 e. The number of ketones is 1. The number of rotatable bonds is 6. The summed E-state index contributed by atoms with van der Waals surface area (Å²) < 4.78 is 15.7. The third-order valence-corrected chi connectivity index (χ3v) is 4.89. The number of carbonyl (C=O) groups is 2. The summed E-state index contributed by atoms with van der Waals surface area (Å²) >= 11 is 0.